The molecular weight excluding hydrogens is 450 g/mol. The van der Waals surface area contributed by atoms with Crippen molar-refractivity contribution < 1.29 is 14.3 Å². The molecule has 0 radical (unpaired) electrons. The number of rotatable bonds is 4. The Balaban J connectivity index is 1.37. The summed E-state index contributed by atoms with van der Waals surface area (Å²) in [5.41, 5.74) is 4.81. The zero-order chi connectivity index (χ0) is 23.2. The SMILES string of the molecule is O=C1c2c3ccc(Nc4ccc(N5CCOCC5)cc4)c2C(=O)N(c2cccc(Cl)c2)C1C=C3. The van der Waals surface area contributed by atoms with Crippen LogP contribution >= 0.6 is 11.6 Å². The van der Waals surface area contributed by atoms with Gasteiger partial charge in [-0.25, -0.2) is 0 Å². The van der Waals surface area contributed by atoms with Crippen molar-refractivity contribution in [3.05, 3.63) is 88.5 Å². The topological polar surface area (TPSA) is 61.9 Å². The lowest BCUT2D eigenvalue weighted by molar-refractivity contribution is 0.0886. The zero-order valence-electron chi connectivity index (χ0n) is 18.3. The quantitative estimate of drug-likeness (QED) is 0.569. The van der Waals surface area contributed by atoms with E-state index in [-0.39, 0.29) is 11.7 Å². The van der Waals surface area contributed by atoms with E-state index in [9.17, 15) is 9.59 Å². The number of Topliss-reactive ketones (excluding diaryl/α,β-unsaturated/α-hetero) is 1. The fourth-order valence-electron chi connectivity index (χ4n) is 4.87. The predicted octanol–water partition coefficient (Wildman–Crippen LogP) is 5.16. The van der Waals surface area contributed by atoms with E-state index in [1.165, 1.54) is 4.90 Å². The van der Waals surface area contributed by atoms with Gasteiger partial charge in [-0.2, -0.15) is 0 Å². The van der Waals surface area contributed by atoms with Crippen LogP contribution in [0.3, 0.4) is 0 Å². The summed E-state index contributed by atoms with van der Waals surface area (Å²) < 4.78 is 5.44. The number of morpholine rings is 1. The van der Waals surface area contributed by atoms with Crippen molar-refractivity contribution in [3.8, 4) is 0 Å². The molecule has 0 aromatic heterocycles. The molecule has 0 spiro atoms. The predicted molar refractivity (Wildman–Crippen MR) is 135 cm³/mol. The van der Waals surface area contributed by atoms with E-state index in [1.807, 2.05) is 30.3 Å². The van der Waals surface area contributed by atoms with Crippen molar-refractivity contribution >= 4 is 52.1 Å². The van der Waals surface area contributed by atoms with Gasteiger partial charge >= 0.3 is 0 Å². The van der Waals surface area contributed by atoms with Crippen molar-refractivity contribution in [1.82, 2.24) is 0 Å². The molecule has 1 amide bonds. The number of carbonyl (C=O) groups is 2. The summed E-state index contributed by atoms with van der Waals surface area (Å²) >= 11 is 6.20. The Morgan fingerprint density at radius 3 is 2.47 bits per heavy atom. The molecule has 1 fully saturated rings. The molecule has 2 bridgehead atoms. The lowest BCUT2D eigenvalue weighted by atomic mass is 9.83. The molecule has 1 saturated heterocycles. The van der Waals surface area contributed by atoms with Crippen LogP contribution in [-0.2, 0) is 4.74 Å². The standard InChI is InChI=1S/C27H22ClN3O3/c28-18-2-1-3-21(16-18)31-23-11-5-17-4-10-22(25(27(31)33)24(17)26(23)32)29-19-6-8-20(9-7-19)30-12-14-34-15-13-30/h1-11,16,23,29H,12-15H2. The Hall–Kier alpha value is -3.61. The Labute approximate surface area is 202 Å². The van der Waals surface area contributed by atoms with Crippen LogP contribution in [0.25, 0.3) is 6.08 Å². The van der Waals surface area contributed by atoms with Gasteiger partial charge in [-0.15, -0.1) is 0 Å². The Morgan fingerprint density at radius 2 is 1.71 bits per heavy atom. The van der Waals surface area contributed by atoms with E-state index >= 15 is 0 Å². The minimum Gasteiger partial charge on any atom is -0.378 e. The average molecular weight is 472 g/mol. The fraction of sp³-hybridized carbons (Fsp3) is 0.185. The maximum absolute atomic E-state index is 13.8. The highest BCUT2D eigenvalue weighted by atomic mass is 35.5. The number of nitrogens with one attached hydrogen (secondary N) is 1. The largest absolute Gasteiger partial charge is 0.378 e. The van der Waals surface area contributed by atoms with E-state index in [2.05, 4.69) is 22.3 Å². The van der Waals surface area contributed by atoms with Gasteiger partial charge in [-0.05, 0) is 54.1 Å². The van der Waals surface area contributed by atoms with E-state index in [0.717, 1.165) is 43.2 Å². The highest BCUT2D eigenvalue weighted by Gasteiger charge is 2.42. The zero-order valence-corrected chi connectivity index (χ0v) is 19.1. The molecule has 1 unspecified atom stereocenters. The van der Waals surface area contributed by atoms with Crippen LogP contribution < -0.4 is 15.1 Å². The van der Waals surface area contributed by atoms with Crippen LogP contribution in [0.5, 0.6) is 0 Å². The summed E-state index contributed by atoms with van der Waals surface area (Å²) in [6.07, 6.45) is 3.69. The number of fused-ring (bicyclic) bond motifs is 1. The lowest BCUT2D eigenvalue weighted by Crippen LogP contribution is -2.50. The molecule has 1 N–H and O–H groups in total. The molecule has 2 aliphatic heterocycles. The summed E-state index contributed by atoms with van der Waals surface area (Å²) in [5, 5.41) is 3.88. The van der Waals surface area contributed by atoms with Gasteiger partial charge in [-0.1, -0.05) is 35.9 Å². The summed E-state index contributed by atoms with van der Waals surface area (Å²) in [6.45, 7) is 3.19. The Bertz CT molecular complexity index is 1330. The normalized spacial score (nSPS) is 18.9. The van der Waals surface area contributed by atoms with Crippen molar-refractivity contribution in [2.75, 3.05) is 41.4 Å². The van der Waals surface area contributed by atoms with Gasteiger partial charge in [0.15, 0.2) is 5.78 Å². The van der Waals surface area contributed by atoms with Gasteiger partial charge in [0.05, 0.1) is 24.5 Å². The maximum atomic E-state index is 13.8. The second-order valence-corrected chi connectivity index (χ2v) is 8.98. The number of hydrogen-bond donors (Lipinski definition) is 1. The van der Waals surface area contributed by atoms with Crippen molar-refractivity contribution in [1.29, 1.82) is 0 Å². The first-order valence-corrected chi connectivity index (χ1v) is 11.7. The summed E-state index contributed by atoms with van der Waals surface area (Å²) in [4.78, 5) is 31.0. The molecule has 6 rings (SSSR count). The number of ether oxygens (including phenoxy) is 1. The van der Waals surface area contributed by atoms with Crippen LogP contribution in [0.2, 0.25) is 5.02 Å². The third-order valence-electron chi connectivity index (χ3n) is 6.53. The first kappa shape index (κ1) is 21.0. The van der Waals surface area contributed by atoms with Crippen LogP contribution in [0.1, 0.15) is 26.3 Å². The molecular formula is C27H22ClN3O3. The number of benzene rings is 3. The summed E-state index contributed by atoms with van der Waals surface area (Å²) in [5.74, 6) is -0.307. The molecule has 3 aromatic rings. The Kier molecular flexibility index (Phi) is 5.12. The number of nitrogens with zero attached hydrogens (tertiary/aromatic N) is 2. The van der Waals surface area contributed by atoms with Crippen LogP contribution in [0.15, 0.2) is 66.7 Å². The third-order valence-corrected chi connectivity index (χ3v) is 6.77. The second kappa shape index (κ2) is 8.31. The minimum atomic E-state index is -0.672. The molecule has 3 aliphatic rings. The number of anilines is 4. The lowest BCUT2D eigenvalue weighted by Gasteiger charge is -2.37. The van der Waals surface area contributed by atoms with Crippen molar-refractivity contribution in [2.45, 2.75) is 6.04 Å². The van der Waals surface area contributed by atoms with Gasteiger partial charge in [0.2, 0.25) is 0 Å². The van der Waals surface area contributed by atoms with Gasteiger partial charge < -0.3 is 15.0 Å². The Morgan fingerprint density at radius 1 is 0.912 bits per heavy atom. The first-order chi connectivity index (χ1) is 16.6. The van der Waals surface area contributed by atoms with Crippen LogP contribution in [0.4, 0.5) is 22.7 Å². The first-order valence-electron chi connectivity index (χ1n) is 11.3. The highest BCUT2D eigenvalue weighted by Crippen LogP contribution is 2.39. The molecule has 2 heterocycles. The maximum Gasteiger partial charge on any atom is 0.262 e. The minimum absolute atomic E-state index is 0.0848. The van der Waals surface area contributed by atoms with Gasteiger partial charge in [0.25, 0.3) is 5.91 Å². The third kappa shape index (κ3) is 3.47. The van der Waals surface area contributed by atoms with E-state index < -0.39 is 6.04 Å². The second-order valence-electron chi connectivity index (χ2n) is 8.55. The van der Waals surface area contributed by atoms with Gasteiger partial charge in [0, 0.05) is 40.7 Å². The molecule has 3 aromatic carbocycles. The van der Waals surface area contributed by atoms with Gasteiger partial charge in [0.1, 0.15) is 6.04 Å². The summed E-state index contributed by atoms with van der Waals surface area (Å²) in [7, 11) is 0. The molecule has 6 nitrogen and oxygen atoms in total. The summed E-state index contributed by atoms with van der Waals surface area (Å²) in [6, 6.07) is 18.2. The number of carbonyl (C=O) groups excluding carboxylic acids is 2. The van der Waals surface area contributed by atoms with Crippen molar-refractivity contribution in [3.63, 3.8) is 0 Å². The van der Waals surface area contributed by atoms with Gasteiger partial charge in [-0.3, -0.25) is 14.5 Å². The van der Waals surface area contributed by atoms with Crippen LogP contribution in [-0.4, -0.2) is 44.0 Å². The monoisotopic (exact) mass is 471 g/mol. The number of amides is 1. The smallest absolute Gasteiger partial charge is 0.262 e. The number of hydrogen-bond acceptors (Lipinski definition) is 5. The molecule has 34 heavy (non-hydrogen) atoms. The van der Waals surface area contributed by atoms with Crippen molar-refractivity contribution in [2.24, 2.45) is 0 Å². The van der Waals surface area contributed by atoms with Crippen LogP contribution in [0, 0.1) is 0 Å². The van der Waals surface area contributed by atoms with E-state index in [0.29, 0.717) is 27.5 Å². The van der Waals surface area contributed by atoms with E-state index in [1.54, 1.807) is 30.3 Å². The fourth-order valence-corrected chi connectivity index (χ4v) is 5.05. The van der Waals surface area contributed by atoms with E-state index in [4.69, 9.17) is 16.3 Å². The molecule has 0 saturated carbocycles. The molecule has 170 valence electrons. The number of halogens is 1. The highest BCUT2D eigenvalue weighted by molar-refractivity contribution is 6.31. The molecule has 7 heteroatoms. The number of ketones is 1. The molecule has 1 aliphatic carbocycles. The average Bonchev–Trinajstić information content (AvgIpc) is 2.86. The molecule has 1 atom stereocenters.